The van der Waals surface area contributed by atoms with Crippen LogP contribution in [0.25, 0.3) is 0 Å². The molecule has 0 bridgehead atoms. The Labute approximate surface area is 84.4 Å². The van der Waals surface area contributed by atoms with Crippen LogP contribution < -0.4 is 5.32 Å². The molecule has 0 radical (unpaired) electrons. The van der Waals surface area contributed by atoms with Crippen LogP contribution in [0.2, 0.25) is 0 Å². The van der Waals surface area contributed by atoms with E-state index < -0.39 is 20.6 Å². The molecule has 0 saturated heterocycles. The maximum Gasteiger partial charge on any atom is 0.317 e. The molecule has 14 heavy (non-hydrogen) atoms. The van der Waals surface area contributed by atoms with Gasteiger partial charge in [-0.05, 0) is 20.8 Å². The van der Waals surface area contributed by atoms with Gasteiger partial charge in [0.25, 0.3) is 0 Å². The van der Waals surface area contributed by atoms with Crippen LogP contribution in [0.15, 0.2) is 0 Å². The summed E-state index contributed by atoms with van der Waals surface area (Å²) in [7, 11) is -3.15. The molecule has 5 nitrogen and oxygen atoms in total. The molecule has 0 aliphatic heterocycles. The van der Waals surface area contributed by atoms with E-state index in [0.29, 0.717) is 0 Å². The van der Waals surface area contributed by atoms with Gasteiger partial charge in [0.15, 0.2) is 9.84 Å². The number of carboxylic acids is 1. The summed E-state index contributed by atoms with van der Waals surface area (Å²) in [6, 6.07) is 0. The second kappa shape index (κ2) is 4.75. The normalized spacial score (nSPS) is 12.8. The van der Waals surface area contributed by atoms with E-state index in [1.54, 1.807) is 20.8 Å². The molecule has 0 fully saturated rings. The number of carboxylic acid groups (broad SMARTS) is 1. The van der Waals surface area contributed by atoms with E-state index in [2.05, 4.69) is 5.32 Å². The molecule has 0 unspecified atom stereocenters. The maximum absolute atomic E-state index is 11.5. The van der Waals surface area contributed by atoms with Crippen molar-refractivity contribution in [3.8, 4) is 0 Å². The van der Waals surface area contributed by atoms with Gasteiger partial charge in [0.2, 0.25) is 0 Å². The van der Waals surface area contributed by atoms with Crippen LogP contribution in [0.1, 0.15) is 20.8 Å². The third kappa shape index (κ3) is 4.57. The highest BCUT2D eigenvalue weighted by Gasteiger charge is 2.27. The van der Waals surface area contributed by atoms with Crippen molar-refractivity contribution in [2.24, 2.45) is 0 Å². The number of sulfone groups is 1. The predicted molar refractivity (Wildman–Crippen MR) is 54.0 cm³/mol. The molecule has 0 saturated carbocycles. The van der Waals surface area contributed by atoms with Gasteiger partial charge in [0.05, 0.1) is 17.0 Å². The van der Waals surface area contributed by atoms with E-state index in [9.17, 15) is 13.2 Å². The first kappa shape index (κ1) is 13.4. The molecule has 0 aliphatic rings. The molecule has 0 aromatic rings. The lowest BCUT2D eigenvalue weighted by Gasteiger charge is -2.18. The van der Waals surface area contributed by atoms with Gasteiger partial charge in [-0.1, -0.05) is 0 Å². The van der Waals surface area contributed by atoms with Crippen molar-refractivity contribution in [3.05, 3.63) is 0 Å². The SMILES string of the molecule is CC(C)(C)S(=O)(=O)CCNCC(=O)O. The molecule has 0 amide bonds. The van der Waals surface area contributed by atoms with Crippen LogP contribution in [-0.4, -0.2) is 43.1 Å². The summed E-state index contributed by atoms with van der Waals surface area (Å²) in [5.41, 5.74) is 0. The molecule has 84 valence electrons. The maximum atomic E-state index is 11.5. The average Bonchev–Trinajstić information content (AvgIpc) is 1.95. The zero-order valence-electron chi connectivity index (χ0n) is 8.70. The minimum absolute atomic E-state index is 0.0379. The zero-order valence-corrected chi connectivity index (χ0v) is 9.52. The first-order chi connectivity index (χ1) is 6.17. The Morgan fingerprint density at radius 1 is 1.36 bits per heavy atom. The Kier molecular flexibility index (Phi) is 4.54. The van der Waals surface area contributed by atoms with E-state index in [-0.39, 0.29) is 18.8 Å². The van der Waals surface area contributed by atoms with Crippen LogP contribution in [-0.2, 0) is 14.6 Å². The fourth-order valence-corrected chi connectivity index (χ4v) is 1.73. The molecule has 0 aliphatic carbocycles. The van der Waals surface area contributed by atoms with Crippen molar-refractivity contribution >= 4 is 15.8 Å². The summed E-state index contributed by atoms with van der Waals surface area (Å²) >= 11 is 0. The minimum Gasteiger partial charge on any atom is -0.480 e. The van der Waals surface area contributed by atoms with E-state index in [4.69, 9.17) is 5.11 Å². The second-order valence-corrected chi connectivity index (χ2v) is 6.86. The molecule has 0 rings (SSSR count). The smallest absolute Gasteiger partial charge is 0.317 e. The lowest BCUT2D eigenvalue weighted by atomic mass is 10.3. The molecule has 6 heteroatoms. The minimum atomic E-state index is -3.15. The Morgan fingerprint density at radius 2 is 1.86 bits per heavy atom. The van der Waals surface area contributed by atoms with Crippen molar-refractivity contribution in [2.75, 3.05) is 18.8 Å². The van der Waals surface area contributed by atoms with Crippen molar-refractivity contribution < 1.29 is 18.3 Å². The van der Waals surface area contributed by atoms with Crippen LogP contribution >= 0.6 is 0 Å². The predicted octanol–water partition coefficient (Wildman–Crippen LogP) is -0.126. The Bertz CT molecular complexity index is 289. The molecule has 0 spiro atoms. The standard InChI is InChI=1S/C8H17NO4S/c1-8(2,3)14(12,13)5-4-9-6-7(10)11/h9H,4-6H2,1-3H3,(H,10,11). The lowest BCUT2D eigenvalue weighted by molar-refractivity contribution is -0.135. The molecule has 0 aromatic carbocycles. The van der Waals surface area contributed by atoms with Crippen LogP contribution in [0, 0.1) is 0 Å². The molecule has 0 heterocycles. The highest BCUT2D eigenvalue weighted by molar-refractivity contribution is 7.92. The van der Waals surface area contributed by atoms with E-state index in [0.717, 1.165) is 0 Å². The fraction of sp³-hybridized carbons (Fsp3) is 0.875. The molecule has 0 atom stereocenters. The van der Waals surface area contributed by atoms with Gasteiger partial charge >= 0.3 is 5.97 Å². The summed E-state index contributed by atoms with van der Waals surface area (Å²) in [6.07, 6.45) is 0. The first-order valence-electron chi connectivity index (χ1n) is 4.31. The Hall–Kier alpha value is -0.620. The number of rotatable bonds is 5. The van der Waals surface area contributed by atoms with Gasteiger partial charge in [-0.25, -0.2) is 8.42 Å². The number of nitrogens with one attached hydrogen (secondary N) is 1. The summed E-state index contributed by atoms with van der Waals surface area (Å²) in [5, 5.41) is 10.8. The van der Waals surface area contributed by atoms with E-state index >= 15 is 0 Å². The fourth-order valence-electron chi connectivity index (χ4n) is 0.708. The Balaban J connectivity index is 3.97. The average molecular weight is 223 g/mol. The number of hydrogen-bond donors (Lipinski definition) is 2. The molecular formula is C8H17NO4S. The van der Waals surface area contributed by atoms with Gasteiger partial charge < -0.3 is 10.4 Å². The van der Waals surface area contributed by atoms with Gasteiger partial charge in [0, 0.05) is 6.54 Å². The topological polar surface area (TPSA) is 83.5 Å². The largest absolute Gasteiger partial charge is 0.480 e. The summed E-state index contributed by atoms with van der Waals surface area (Å²) < 4.78 is 22.2. The number of aliphatic carboxylic acids is 1. The first-order valence-corrected chi connectivity index (χ1v) is 5.97. The van der Waals surface area contributed by atoms with Crippen molar-refractivity contribution in [2.45, 2.75) is 25.5 Å². The molecule has 2 N–H and O–H groups in total. The zero-order chi connectivity index (χ0) is 11.4. The molecule has 0 aromatic heterocycles. The quantitative estimate of drug-likeness (QED) is 0.634. The lowest BCUT2D eigenvalue weighted by Crippen LogP contribution is -2.36. The van der Waals surface area contributed by atoms with Crippen molar-refractivity contribution in [3.63, 3.8) is 0 Å². The number of hydrogen-bond acceptors (Lipinski definition) is 4. The van der Waals surface area contributed by atoms with Gasteiger partial charge in [0.1, 0.15) is 0 Å². The van der Waals surface area contributed by atoms with Crippen molar-refractivity contribution in [1.82, 2.24) is 5.32 Å². The monoisotopic (exact) mass is 223 g/mol. The van der Waals surface area contributed by atoms with E-state index in [1.165, 1.54) is 0 Å². The van der Waals surface area contributed by atoms with Gasteiger partial charge in [-0.2, -0.15) is 0 Å². The second-order valence-electron chi connectivity index (χ2n) is 4.00. The van der Waals surface area contributed by atoms with E-state index in [1.807, 2.05) is 0 Å². The van der Waals surface area contributed by atoms with Crippen LogP contribution in [0.4, 0.5) is 0 Å². The van der Waals surface area contributed by atoms with Crippen LogP contribution in [0.5, 0.6) is 0 Å². The third-order valence-corrected chi connectivity index (χ3v) is 4.36. The Morgan fingerprint density at radius 3 is 2.21 bits per heavy atom. The highest BCUT2D eigenvalue weighted by atomic mass is 32.2. The van der Waals surface area contributed by atoms with Crippen molar-refractivity contribution in [1.29, 1.82) is 0 Å². The summed E-state index contributed by atoms with van der Waals surface area (Å²) in [5.74, 6) is -1.03. The molecular weight excluding hydrogens is 206 g/mol. The van der Waals surface area contributed by atoms with Gasteiger partial charge in [-0.15, -0.1) is 0 Å². The number of carbonyl (C=O) groups is 1. The third-order valence-electron chi connectivity index (χ3n) is 1.76. The summed E-state index contributed by atoms with van der Waals surface area (Å²) in [6.45, 7) is 4.84. The van der Waals surface area contributed by atoms with Crippen LogP contribution in [0.3, 0.4) is 0 Å². The highest BCUT2D eigenvalue weighted by Crippen LogP contribution is 2.14. The summed E-state index contributed by atoms with van der Waals surface area (Å²) in [4.78, 5) is 10.1. The van der Waals surface area contributed by atoms with Gasteiger partial charge in [-0.3, -0.25) is 4.79 Å².